The summed E-state index contributed by atoms with van der Waals surface area (Å²) in [6, 6.07) is 16.1. The molecule has 0 heterocycles. The smallest absolute Gasteiger partial charge is 0.351 e. The minimum Gasteiger partial charge on any atom is -0.474 e. The van der Waals surface area contributed by atoms with Crippen molar-refractivity contribution in [3.63, 3.8) is 0 Å². The predicted octanol–water partition coefficient (Wildman–Crippen LogP) is 2.47. The third-order valence-corrected chi connectivity index (χ3v) is 2.88. The lowest BCUT2D eigenvalue weighted by Gasteiger charge is -2.17. The summed E-state index contributed by atoms with van der Waals surface area (Å²) in [7, 11) is 1.33. The first-order valence-corrected chi connectivity index (χ1v) is 6.24. The lowest BCUT2D eigenvalue weighted by Crippen LogP contribution is -2.20. The van der Waals surface area contributed by atoms with E-state index in [9.17, 15) is 4.79 Å². The molecule has 0 bridgehead atoms. The number of esters is 1. The van der Waals surface area contributed by atoms with Gasteiger partial charge in [0.05, 0.1) is 13.7 Å². The average Bonchev–Trinajstić information content (AvgIpc) is 2.53. The van der Waals surface area contributed by atoms with Gasteiger partial charge in [0, 0.05) is 5.56 Å². The Bertz CT molecular complexity index is 548. The zero-order chi connectivity index (χ0) is 14.4. The van der Waals surface area contributed by atoms with Gasteiger partial charge in [-0.1, -0.05) is 42.5 Å². The minimum atomic E-state index is -0.804. The van der Waals surface area contributed by atoms with Crippen LogP contribution in [0, 0.1) is 0 Å². The maximum atomic E-state index is 11.9. The summed E-state index contributed by atoms with van der Waals surface area (Å²) in [5, 5.41) is 9.00. The first kappa shape index (κ1) is 14.1. The number of aliphatic hydroxyl groups is 1. The molecule has 1 unspecified atom stereocenters. The fourth-order valence-corrected chi connectivity index (χ4v) is 1.80. The van der Waals surface area contributed by atoms with Crippen molar-refractivity contribution >= 4 is 5.97 Å². The molecule has 4 heteroatoms. The molecule has 0 radical (unpaired) electrons. The number of carbonyl (C=O) groups excluding carboxylic acids is 1. The molecule has 1 atom stereocenters. The van der Waals surface area contributed by atoms with Crippen LogP contribution in [0.1, 0.15) is 17.2 Å². The van der Waals surface area contributed by atoms with Crippen LogP contribution in [0.2, 0.25) is 0 Å². The van der Waals surface area contributed by atoms with Gasteiger partial charge >= 0.3 is 5.97 Å². The van der Waals surface area contributed by atoms with Crippen LogP contribution < -0.4 is 4.74 Å². The molecule has 2 aromatic carbocycles. The van der Waals surface area contributed by atoms with Gasteiger partial charge in [0.2, 0.25) is 6.10 Å². The van der Waals surface area contributed by atoms with Gasteiger partial charge in [-0.2, -0.15) is 0 Å². The van der Waals surface area contributed by atoms with E-state index in [2.05, 4.69) is 0 Å². The molecule has 0 aliphatic carbocycles. The van der Waals surface area contributed by atoms with Crippen molar-refractivity contribution in [2.45, 2.75) is 12.7 Å². The first-order valence-electron chi connectivity index (χ1n) is 6.24. The molecule has 0 fully saturated rings. The van der Waals surface area contributed by atoms with Crippen molar-refractivity contribution in [1.29, 1.82) is 0 Å². The van der Waals surface area contributed by atoms with Crippen LogP contribution >= 0.6 is 0 Å². The Morgan fingerprint density at radius 3 is 2.30 bits per heavy atom. The van der Waals surface area contributed by atoms with Gasteiger partial charge in [-0.05, 0) is 17.7 Å². The molecule has 0 saturated carbocycles. The van der Waals surface area contributed by atoms with E-state index in [1.807, 2.05) is 30.3 Å². The summed E-state index contributed by atoms with van der Waals surface area (Å²) in [5.41, 5.74) is 1.51. The second-order valence-corrected chi connectivity index (χ2v) is 4.23. The summed E-state index contributed by atoms with van der Waals surface area (Å²) < 4.78 is 10.5. The molecule has 0 amide bonds. The Kier molecular flexibility index (Phi) is 4.74. The molecule has 0 aliphatic heterocycles. The molecular formula is C16H16O4. The van der Waals surface area contributed by atoms with Crippen LogP contribution in [-0.4, -0.2) is 18.2 Å². The number of aliphatic hydroxyl groups excluding tert-OH is 1. The number of methoxy groups -OCH3 is 1. The Labute approximate surface area is 117 Å². The lowest BCUT2D eigenvalue weighted by atomic mass is 10.1. The zero-order valence-electron chi connectivity index (χ0n) is 11.2. The zero-order valence-corrected chi connectivity index (χ0v) is 11.2. The number of benzene rings is 2. The van der Waals surface area contributed by atoms with Gasteiger partial charge in [-0.15, -0.1) is 0 Å². The maximum Gasteiger partial charge on any atom is 0.351 e. The fourth-order valence-electron chi connectivity index (χ4n) is 1.80. The van der Waals surface area contributed by atoms with Crippen LogP contribution in [0.3, 0.4) is 0 Å². The van der Waals surface area contributed by atoms with Crippen molar-refractivity contribution in [2.24, 2.45) is 0 Å². The molecule has 2 rings (SSSR count). The molecule has 0 aliphatic rings. The summed E-state index contributed by atoms with van der Waals surface area (Å²) in [4.78, 5) is 11.9. The second kappa shape index (κ2) is 6.73. The number of ether oxygens (including phenoxy) is 2. The van der Waals surface area contributed by atoms with Crippen LogP contribution in [0.15, 0.2) is 54.6 Å². The molecule has 104 valence electrons. The van der Waals surface area contributed by atoms with E-state index in [4.69, 9.17) is 14.6 Å². The van der Waals surface area contributed by atoms with E-state index >= 15 is 0 Å². The van der Waals surface area contributed by atoms with Crippen molar-refractivity contribution in [3.05, 3.63) is 65.7 Å². The molecule has 4 nitrogen and oxygen atoms in total. The first-order chi connectivity index (χ1) is 9.74. The highest BCUT2D eigenvalue weighted by atomic mass is 16.6. The highest BCUT2D eigenvalue weighted by molar-refractivity contribution is 5.76. The van der Waals surface area contributed by atoms with Crippen molar-refractivity contribution in [3.8, 4) is 5.75 Å². The number of hydrogen-bond acceptors (Lipinski definition) is 4. The van der Waals surface area contributed by atoms with Crippen LogP contribution in [0.5, 0.6) is 5.75 Å². The Morgan fingerprint density at radius 2 is 1.75 bits per heavy atom. The van der Waals surface area contributed by atoms with Crippen molar-refractivity contribution < 1.29 is 19.4 Å². The lowest BCUT2D eigenvalue weighted by molar-refractivity contribution is -0.149. The highest BCUT2D eigenvalue weighted by Gasteiger charge is 2.23. The second-order valence-electron chi connectivity index (χ2n) is 4.23. The topological polar surface area (TPSA) is 55.8 Å². The molecule has 2 aromatic rings. The summed E-state index contributed by atoms with van der Waals surface area (Å²) in [6.45, 7) is -0.0284. The fraction of sp³-hybridized carbons (Fsp3) is 0.188. The normalized spacial score (nSPS) is 11.7. The number of rotatable bonds is 5. The molecule has 0 spiro atoms. The van der Waals surface area contributed by atoms with Gasteiger partial charge in [-0.3, -0.25) is 0 Å². The standard InChI is InChI=1S/C16H16O4/c1-19-16(18)15(13-5-3-2-4-6-13)20-14-9-7-12(11-17)8-10-14/h2-10,15,17H,11H2,1H3. The van der Waals surface area contributed by atoms with E-state index in [0.29, 0.717) is 5.75 Å². The molecule has 1 N–H and O–H groups in total. The van der Waals surface area contributed by atoms with Crippen LogP contribution in [-0.2, 0) is 16.1 Å². The molecule has 0 aromatic heterocycles. The monoisotopic (exact) mass is 272 g/mol. The van der Waals surface area contributed by atoms with Gasteiger partial charge in [-0.25, -0.2) is 4.79 Å². The van der Waals surface area contributed by atoms with Gasteiger partial charge in [0.25, 0.3) is 0 Å². The van der Waals surface area contributed by atoms with E-state index in [1.165, 1.54) is 7.11 Å². The molecule has 20 heavy (non-hydrogen) atoms. The van der Waals surface area contributed by atoms with E-state index in [1.54, 1.807) is 24.3 Å². The van der Waals surface area contributed by atoms with E-state index in [0.717, 1.165) is 11.1 Å². The van der Waals surface area contributed by atoms with Crippen molar-refractivity contribution in [1.82, 2.24) is 0 Å². The molecule has 0 saturated heterocycles. The van der Waals surface area contributed by atoms with Crippen molar-refractivity contribution in [2.75, 3.05) is 7.11 Å². The average molecular weight is 272 g/mol. The van der Waals surface area contributed by atoms with E-state index < -0.39 is 12.1 Å². The van der Waals surface area contributed by atoms with Crippen LogP contribution in [0.25, 0.3) is 0 Å². The number of carbonyl (C=O) groups is 1. The van der Waals surface area contributed by atoms with Gasteiger partial charge in [0.15, 0.2) is 0 Å². The largest absolute Gasteiger partial charge is 0.474 e. The quantitative estimate of drug-likeness (QED) is 0.849. The number of hydrogen-bond donors (Lipinski definition) is 1. The van der Waals surface area contributed by atoms with Gasteiger partial charge in [0.1, 0.15) is 5.75 Å². The van der Waals surface area contributed by atoms with Crippen LogP contribution in [0.4, 0.5) is 0 Å². The Morgan fingerprint density at radius 1 is 1.10 bits per heavy atom. The molecular weight excluding hydrogens is 256 g/mol. The third kappa shape index (κ3) is 3.36. The summed E-state index contributed by atoms with van der Waals surface area (Å²) in [5.74, 6) is 0.0869. The minimum absolute atomic E-state index is 0.0284. The van der Waals surface area contributed by atoms with E-state index in [-0.39, 0.29) is 6.61 Å². The third-order valence-electron chi connectivity index (χ3n) is 2.88. The highest BCUT2D eigenvalue weighted by Crippen LogP contribution is 2.23. The van der Waals surface area contributed by atoms with Gasteiger partial charge < -0.3 is 14.6 Å². The predicted molar refractivity (Wildman–Crippen MR) is 74.2 cm³/mol. The Balaban J connectivity index is 2.21. The Hall–Kier alpha value is -2.33. The summed E-state index contributed by atoms with van der Waals surface area (Å²) >= 11 is 0. The summed E-state index contributed by atoms with van der Waals surface area (Å²) in [6.07, 6.45) is -0.804. The maximum absolute atomic E-state index is 11.9. The SMILES string of the molecule is COC(=O)C(Oc1ccc(CO)cc1)c1ccccc1.